The number of methoxy groups -OCH3 is 1. The molecular weight excluding hydrogens is 671 g/mol. The number of ether oxygens (including phenoxy) is 1. The molecule has 1 amide bonds. The molecule has 5 atom stereocenters. The lowest BCUT2D eigenvalue weighted by Crippen LogP contribution is -2.32. The summed E-state index contributed by atoms with van der Waals surface area (Å²) in [5.41, 5.74) is 6.45. The summed E-state index contributed by atoms with van der Waals surface area (Å²) in [5.74, 6) is 0.824. The minimum absolute atomic E-state index is 0.117. The number of benzene rings is 1. The van der Waals surface area contributed by atoms with Crippen LogP contribution in [0.2, 0.25) is 0 Å². The molecule has 1 aromatic carbocycles. The highest BCUT2D eigenvalue weighted by molar-refractivity contribution is 8.31. The van der Waals surface area contributed by atoms with Crippen molar-refractivity contribution >= 4 is 56.0 Å². The van der Waals surface area contributed by atoms with Gasteiger partial charge in [0.2, 0.25) is 12.2 Å². The van der Waals surface area contributed by atoms with E-state index >= 15 is 0 Å². The second-order valence-electron chi connectivity index (χ2n) is 12.2. The molecule has 4 rings (SSSR count). The first-order valence-corrected chi connectivity index (χ1v) is 19.3. The van der Waals surface area contributed by atoms with Crippen LogP contribution in [0.4, 0.5) is 14.5 Å². The zero-order valence-electron chi connectivity index (χ0n) is 30.7. The summed E-state index contributed by atoms with van der Waals surface area (Å²) in [6.45, 7) is 9.47. The third-order valence-corrected chi connectivity index (χ3v) is 8.81. The maximum Gasteiger partial charge on any atom is 0.371 e. The van der Waals surface area contributed by atoms with Gasteiger partial charge in [-0.25, -0.2) is 9.18 Å². The molecule has 2 fully saturated rings. The standard InChI is InChI=1S/C13H25NO.C10H7NO4.C9H18FNO.C3H8.CH3F.H3PS/c1-10-13(8-9-14(10)2)11-4-6-12(15-3)7-5-11;12-5-11-7-1-2-8-6(3-7)4-9(15-8)10(13)14;1-2-8(7-12)4-3-5-9(11)6-10;1-3-2;2*1-2/h10-13H,4-9H2,1-3H3;1-5H,(H,11,12)(H,13,14);7-9H,2-6,11H2,1H3;3H2,1-2H3;1H3;2H,1H2. The van der Waals surface area contributed by atoms with Crippen molar-refractivity contribution in [3.63, 3.8) is 0 Å². The van der Waals surface area contributed by atoms with Gasteiger partial charge in [0.15, 0.2) is 0 Å². The van der Waals surface area contributed by atoms with Gasteiger partial charge in [-0.05, 0) is 108 Å². The Labute approximate surface area is 301 Å². The number of rotatable bonds is 12. The number of thiol groups is 1. The van der Waals surface area contributed by atoms with E-state index in [9.17, 15) is 23.2 Å². The van der Waals surface area contributed by atoms with Crippen molar-refractivity contribution in [1.82, 2.24) is 4.90 Å². The Morgan fingerprint density at radius 2 is 1.76 bits per heavy atom. The van der Waals surface area contributed by atoms with Crippen molar-refractivity contribution in [3.8, 4) is 0 Å². The molecule has 9 nitrogen and oxygen atoms in total. The fourth-order valence-corrected chi connectivity index (χ4v) is 5.90. The summed E-state index contributed by atoms with van der Waals surface area (Å²) in [6, 6.07) is 6.75. The molecule has 1 aliphatic heterocycles. The number of hydrogen-bond acceptors (Lipinski definition) is 8. The molecular formula is C36H64F2N3O6PS. The molecule has 1 saturated carbocycles. The quantitative estimate of drug-likeness (QED) is 0.0967. The van der Waals surface area contributed by atoms with Gasteiger partial charge in [-0.1, -0.05) is 42.1 Å². The normalized spacial score (nSPS) is 20.8. The van der Waals surface area contributed by atoms with E-state index in [1.54, 1.807) is 18.2 Å². The molecule has 284 valence electrons. The molecule has 0 radical (unpaired) electrons. The van der Waals surface area contributed by atoms with Crippen molar-refractivity contribution in [1.29, 1.82) is 0 Å². The van der Waals surface area contributed by atoms with Gasteiger partial charge in [0.25, 0.3) is 0 Å². The van der Waals surface area contributed by atoms with E-state index in [0.29, 0.717) is 42.8 Å². The first-order chi connectivity index (χ1) is 23.6. The number of anilines is 1. The lowest BCUT2D eigenvalue weighted by Gasteiger charge is -2.34. The number of aromatic carboxylic acids is 1. The highest BCUT2D eigenvalue weighted by Gasteiger charge is 2.36. The number of amides is 1. The number of nitrogens with one attached hydrogen (secondary N) is 1. The fraction of sp³-hybridized carbons (Fsp3) is 0.694. The van der Waals surface area contributed by atoms with E-state index in [1.165, 1.54) is 51.1 Å². The van der Waals surface area contributed by atoms with E-state index < -0.39 is 12.6 Å². The lowest BCUT2D eigenvalue weighted by molar-refractivity contribution is -0.111. The molecule has 0 bridgehead atoms. The smallest absolute Gasteiger partial charge is 0.371 e. The number of halogens is 2. The van der Waals surface area contributed by atoms with Crippen LogP contribution in [0.1, 0.15) is 102 Å². The summed E-state index contributed by atoms with van der Waals surface area (Å²) in [5, 5.41) is 11.8. The summed E-state index contributed by atoms with van der Waals surface area (Å²) < 4.78 is 31.9. The Kier molecular flexibility index (Phi) is 30.7. The minimum atomic E-state index is -1.11. The molecule has 1 saturated heterocycles. The summed E-state index contributed by atoms with van der Waals surface area (Å²) in [7, 11) is 6.74. The Morgan fingerprint density at radius 1 is 1.14 bits per heavy atom. The highest BCUT2D eigenvalue weighted by atomic mass is 32.7. The fourth-order valence-electron chi connectivity index (χ4n) is 5.90. The average molecular weight is 736 g/mol. The van der Waals surface area contributed by atoms with Crippen molar-refractivity contribution in [3.05, 3.63) is 30.0 Å². The molecule has 2 heterocycles. The first kappa shape index (κ1) is 49.0. The molecule has 1 aliphatic carbocycles. The molecule has 1 aromatic heterocycles. The number of carboxylic acid groups (broad SMARTS) is 1. The van der Waals surface area contributed by atoms with Gasteiger partial charge in [0.05, 0.1) is 13.3 Å². The van der Waals surface area contributed by atoms with Gasteiger partial charge in [0.1, 0.15) is 18.5 Å². The maximum absolute atomic E-state index is 11.9. The van der Waals surface area contributed by atoms with Crippen LogP contribution in [-0.2, 0) is 14.3 Å². The molecule has 49 heavy (non-hydrogen) atoms. The Morgan fingerprint density at radius 3 is 2.20 bits per heavy atom. The van der Waals surface area contributed by atoms with Crippen molar-refractivity contribution in [2.24, 2.45) is 23.5 Å². The number of fused-ring (bicyclic) bond motifs is 1. The lowest BCUT2D eigenvalue weighted by atomic mass is 9.76. The largest absolute Gasteiger partial charge is 0.475 e. The molecule has 2 aromatic rings. The van der Waals surface area contributed by atoms with Gasteiger partial charge < -0.3 is 35.0 Å². The van der Waals surface area contributed by atoms with Crippen LogP contribution >= 0.6 is 20.7 Å². The highest BCUT2D eigenvalue weighted by Crippen LogP contribution is 2.38. The number of hydrogen-bond donors (Lipinski definition) is 4. The van der Waals surface area contributed by atoms with Crippen LogP contribution in [0, 0.1) is 17.8 Å². The van der Waals surface area contributed by atoms with E-state index in [0.717, 1.165) is 43.4 Å². The van der Waals surface area contributed by atoms with E-state index in [1.807, 2.05) is 14.0 Å². The van der Waals surface area contributed by atoms with Gasteiger partial charge in [-0.2, -0.15) is 12.2 Å². The van der Waals surface area contributed by atoms with Crippen molar-refractivity contribution < 1.29 is 37.4 Å². The molecule has 13 heteroatoms. The third-order valence-electron chi connectivity index (χ3n) is 8.81. The summed E-state index contributed by atoms with van der Waals surface area (Å²) >= 11 is 3.44. The number of alkyl halides is 2. The third kappa shape index (κ3) is 19.8. The predicted octanol–water partition coefficient (Wildman–Crippen LogP) is 8.62. The van der Waals surface area contributed by atoms with Crippen LogP contribution in [0.15, 0.2) is 28.7 Å². The number of nitrogens with two attached hydrogens (primary N) is 1. The molecule has 0 spiro atoms. The van der Waals surface area contributed by atoms with E-state index in [4.69, 9.17) is 20.0 Å². The van der Waals surface area contributed by atoms with Gasteiger partial charge >= 0.3 is 5.97 Å². The van der Waals surface area contributed by atoms with Crippen LogP contribution in [0.5, 0.6) is 0 Å². The van der Waals surface area contributed by atoms with Crippen LogP contribution in [0.25, 0.3) is 11.0 Å². The van der Waals surface area contributed by atoms with E-state index in [-0.39, 0.29) is 17.7 Å². The number of furan rings is 1. The summed E-state index contributed by atoms with van der Waals surface area (Å²) in [6.07, 6.45) is 13.3. The number of aldehydes is 1. The maximum atomic E-state index is 11.9. The molecule has 4 N–H and O–H groups in total. The van der Waals surface area contributed by atoms with Crippen molar-refractivity contribution in [2.45, 2.75) is 110 Å². The topological polar surface area (TPSA) is 135 Å². The number of carbonyl (C=O) groups excluding carboxylic acids is 2. The summed E-state index contributed by atoms with van der Waals surface area (Å²) in [4.78, 5) is 33.7. The Bertz CT molecular complexity index is 1120. The number of carboxylic acids is 1. The molecule has 5 unspecified atom stereocenters. The van der Waals surface area contributed by atoms with E-state index in [2.05, 4.69) is 58.7 Å². The SMILES string of the molecule is CCC.CCC(C=O)CCCC(N)CF.CF.COC1CCC(C2CCN(C)C2C)CC1.O=CNc1ccc2oc(C(=O)O)cc2c1.PS. The zero-order valence-corrected chi connectivity index (χ0v) is 32.8. The number of likely N-dealkylation sites (tertiary alicyclic amines) is 1. The van der Waals surface area contributed by atoms with Crippen LogP contribution in [0.3, 0.4) is 0 Å². The Balaban J connectivity index is 0. The van der Waals surface area contributed by atoms with Gasteiger partial charge in [0, 0.05) is 36.2 Å². The van der Waals surface area contributed by atoms with Crippen molar-refractivity contribution in [2.75, 3.05) is 39.9 Å². The first-order valence-electron chi connectivity index (χ1n) is 17.2. The predicted molar refractivity (Wildman–Crippen MR) is 205 cm³/mol. The monoisotopic (exact) mass is 735 g/mol. The Hall–Kier alpha value is -2.11. The second-order valence-corrected chi connectivity index (χ2v) is 12.2. The average Bonchev–Trinajstić information content (AvgIpc) is 3.72. The van der Waals surface area contributed by atoms with Crippen LogP contribution < -0.4 is 11.1 Å². The second kappa shape index (κ2) is 30.7. The minimum Gasteiger partial charge on any atom is -0.475 e. The van der Waals surface area contributed by atoms with Crippen LogP contribution in [-0.4, -0.2) is 81.4 Å². The van der Waals surface area contributed by atoms with Gasteiger partial charge in [-0.15, -0.1) is 0 Å². The van der Waals surface area contributed by atoms with Gasteiger partial charge in [-0.3, -0.25) is 9.18 Å². The molecule has 2 aliphatic rings. The number of carbonyl (C=O) groups is 3. The zero-order chi connectivity index (χ0) is 37.8. The number of nitrogens with zero attached hydrogens (tertiary/aromatic N) is 1.